The molecule has 0 aromatic heterocycles. The molecule has 3 nitrogen and oxygen atoms in total. The van der Waals surface area contributed by atoms with Crippen molar-refractivity contribution in [2.75, 3.05) is 0 Å². The molecule has 0 aliphatic rings. The average molecular weight is 203 g/mol. The normalized spacial score (nSPS) is 14.4. The molecule has 1 atom stereocenters. The Kier molecular flexibility index (Phi) is 4.63. The summed E-state index contributed by atoms with van der Waals surface area (Å²) in [7, 11) is -1.76. The zero-order valence-electron chi connectivity index (χ0n) is 9.26. The standard InChI is InChI=1S/C9H21NO2Si/c1-7(2)6-8(10)9(11)12-13(3,4)5/h7-8H,6,10H2,1-5H3/t8-/m0/s1. The van der Waals surface area contributed by atoms with Gasteiger partial charge in [-0.1, -0.05) is 13.8 Å². The SMILES string of the molecule is CC(C)C[C@H](N)C(=O)O[Si](C)(C)C. The number of carbonyl (C=O) groups is 1. The van der Waals surface area contributed by atoms with Crippen molar-refractivity contribution in [2.24, 2.45) is 11.7 Å². The molecule has 0 heterocycles. The van der Waals surface area contributed by atoms with Crippen LogP contribution >= 0.6 is 0 Å². The first kappa shape index (κ1) is 12.6. The minimum Gasteiger partial charge on any atom is -0.519 e. The third kappa shape index (κ3) is 6.78. The maximum absolute atomic E-state index is 11.4. The van der Waals surface area contributed by atoms with Crippen molar-refractivity contribution in [3.05, 3.63) is 0 Å². The summed E-state index contributed by atoms with van der Waals surface area (Å²) in [5, 5.41) is 0. The van der Waals surface area contributed by atoms with Crippen LogP contribution < -0.4 is 5.73 Å². The molecule has 0 bridgehead atoms. The second-order valence-corrected chi connectivity index (χ2v) is 9.20. The van der Waals surface area contributed by atoms with Crippen LogP contribution in [0.1, 0.15) is 20.3 Å². The first-order valence-corrected chi connectivity index (χ1v) is 8.11. The highest BCUT2D eigenvalue weighted by Crippen LogP contribution is 2.08. The molecule has 0 unspecified atom stereocenters. The largest absolute Gasteiger partial charge is 0.519 e. The van der Waals surface area contributed by atoms with E-state index in [9.17, 15) is 4.79 Å². The van der Waals surface area contributed by atoms with Crippen LogP contribution in [0.5, 0.6) is 0 Å². The molecular formula is C9H21NO2Si. The van der Waals surface area contributed by atoms with Crippen LogP contribution in [0.4, 0.5) is 0 Å². The van der Waals surface area contributed by atoms with E-state index in [2.05, 4.69) is 0 Å². The molecule has 0 saturated heterocycles. The van der Waals surface area contributed by atoms with Crippen LogP contribution in [-0.4, -0.2) is 20.3 Å². The van der Waals surface area contributed by atoms with Crippen molar-refractivity contribution < 1.29 is 9.22 Å². The predicted molar refractivity (Wildman–Crippen MR) is 56.9 cm³/mol. The molecule has 13 heavy (non-hydrogen) atoms. The third-order valence-electron chi connectivity index (χ3n) is 1.43. The molecule has 0 spiro atoms. The van der Waals surface area contributed by atoms with Gasteiger partial charge in [-0.05, 0) is 32.0 Å². The molecule has 0 aromatic rings. The molecule has 0 fully saturated rings. The van der Waals surface area contributed by atoms with Crippen molar-refractivity contribution in [3.8, 4) is 0 Å². The quantitative estimate of drug-likeness (QED) is 0.708. The van der Waals surface area contributed by atoms with Crippen LogP contribution in [0.3, 0.4) is 0 Å². The molecule has 0 saturated carbocycles. The second kappa shape index (κ2) is 4.76. The molecular weight excluding hydrogens is 182 g/mol. The Bertz CT molecular complexity index is 175. The van der Waals surface area contributed by atoms with Gasteiger partial charge in [0.25, 0.3) is 0 Å². The number of hydrogen-bond donors (Lipinski definition) is 1. The van der Waals surface area contributed by atoms with Crippen molar-refractivity contribution in [1.29, 1.82) is 0 Å². The zero-order chi connectivity index (χ0) is 10.6. The van der Waals surface area contributed by atoms with Gasteiger partial charge in [-0.25, -0.2) is 0 Å². The highest BCUT2D eigenvalue weighted by atomic mass is 28.4. The molecule has 2 N–H and O–H groups in total. The van der Waals surface area contributed by atoms with E-state index in [0.29, 0.717) is 12.3 Å². The van der Waals surface area contributed by atoms with Gasteiger partial charge in [0.2, 0.25) is 8.32 Å². The molecule has 78 valence electrons. The number of hydrogen-bond acceptors (Lipinski definition) is 3. The van der Waals surface area contributed by atoms with Crippen molar-refractivity contribution in [3.63, 3.8) is 0 Å². The second-order valence-electron chi connectivity index (χ2n) is 4.77. The van der Waals surface area contributed by atoms with Crippen LogP contribution in [-0.2, 0) is 9.22 Å². The summed E-state index contributed by atoms with van der Waals surface area (Å²) < 4.78 is 5.28. The van der Waals surface area contributed by atoms with E-state index in [-0.39, 0.29) is 5.97 Å². The van der Waals surface area contributed by atoms with Gasteiger partial charge in [0.05, 0.1) is 0 Å². The van der Waals surface area contributed by atoms with Crippen molar-refractivity contribution in [2.45, 2.75) is 46.0 Å². The minimum atomic E-state index is -1.76. The summed E-state index contributed by atoms with van der Waals surface area (Å²) in [5.74, 6) is 0.192. The van der Waals surface area contributed by atoms with Crippen LogP contribution in [0.15, 0.2) is 0 Å². The summed E-state index contributed by atoms with van der Waals surface area (Å²) in [4.78, 5) is 11.4. The fourth-order valence-corrected chi connectivity index (χ4v) is 1.74. The Morgan fingerprint density at radius 3 is 2.15 bits per heavy atom. The molecule has 0 aliphatic heterocycles. The van der Waals surface area contributed by atoms with Gasteiger partial charge in [-0.15, -0.1) is 0 Å². The van der Waals surface area contributed by atoms with E-state index in [1.54, 1.807) is 0 Å². The molecule has 0 aromatic carbocycles. The molecule has 0 radical (unpaired) electrons. The van der Waals surface area contributed by atoms with Gasteiger partial charge in [0, 0.05) is 0 Å². The van der Waals surface area contributed by atoms with E-state index in [0.717, 1.165) is 0 Å². The fourth-order valence-electron chi connectivity index (χ4n) is 0.982. The summed E-state index contributed by atoms with van der Waals surface area (Å²) in [6.45, 7) is 10.0. The maximum atomic E-state index is 11.4. The average Bonchev–Trinajstić information content (AvgIpc) is 1.81. The molecule has 0 amide bonds. The Balaban J connectivity index is 3.97. The van der Waals surface area contributed by atoms with Crippen LogP contribution in [0.25, 0.3) is 0 Å². The molecule has 0 rings (SSSR count). The monoisotopic (exact) mass is 203 g/mol. The van der Waals surface area contributed by atoms with Gasteiger partial charge >= 0.3 is 5.97 Å². The minimum absolute atomic E-state index is 0.243. The van der Waals surface area contributed by atoms with Gasteiger partial charge in [-0.2, -0.15) is 0 Å². The lowest BCUT2D eigenvalue weighted by Crippen LogP contribution is -2.40. The van der Waals surface area contributed by atoms with E-state index in [1.165, 1.54) is 0 Å². The van der Waals surface area contributed by atoms with Gasteiger partial charge in [-0.3, -0.25) is 4.79 Å². The summed E-state index contributed by atoms with van der Waals surface area (Å²) in [5.41, 5.74) is 5.67. The molecule has 4 heteroatoms. The van der Waals surface area contributed by atoms with Gasteiger partial charge in [0.1, 0.15) is 6.04 Å². The maximum Gasteiger partial charge on any atom is 0.309 e. The van der Waals surface area contributed by atoms with Crippen molar-refractivity contribution in [1.82, 2.24) is 0 Å². The Morgan fingerprint density at radius 1 is 1.38 bits per heavy atom. The summed E-state index contributed by atoms with van der Waals surface area (Å²) >= 11 is 0. The highest BCUT2D eigenvalue weighted by molar-refractivity contribution is 6.71. The van der Waals surface area contributed by atoms with E-state index in [1.807, 2.05) is 33.5 Å². The topological polar surface area (TPSA) is 52.3 Å². The van der Waals surface area contributed by atoms with E-state index in [4.69, 9.17) is 10.2 Å². The summed E-state index contributed by atoms with van der Waals surface area (Å²) in [6, 6.07) is -0.452. The smallest absolute Gasteiger partial charge is 0.309 e. The molecule has 0 aliphatic carbocycles. The Labute approximate surface area is 81.8 Å². The number of carbonyl (C=O) groups excluding carboxylic acids is 1. The first-order chi connectivity index (χ1) is 5.72. The van der Waals surface area contributed by atoms with Crippen LogP contribution in [0.2, 0.25) is 19.6 Å². The predicted octanol–water partition coefficient (Wildman–Crippen LogP) is 1.74. The Hall–Kier alpha value is -0.353. The van der Waals surface area contributed by atoms with E-state index >= 15 is 0 Å². The van der Waals surface area contributed by atoms with E-state index < -0.39 is 14.4 Å². The number of rotatable bonds is 4. The van der Waals surface area contributed by atoms with Crippen LogP contribution in [0, 0.1) is 5.92 Å². The summed E-state index contributed by atoms with van der Waals surface area (Å²) in [6.07, 6.45) is 0.698. The lowest BCUT2D eigenvalue weighted by Gasteiger charge is -2.21. The third-order valence-corrected chi connectivity index (χ3v) is 2.25. The van der Waals surface area contributed by atoms with Crippen molar-refractivity contribution >= 4 is 14.3 Å². The van der Waals surface area contributed by atoms with Gasteiger partial charge < -0.3 is 10.2 Å². The lowest BCUT2D eigenvalue weighted by molar-refractivity contribution is -0.136. The fraction of sp³-hybridized carbons (Fsp3) is 0.889. The first-order valence-electron chi connectivity index (χ1n) is 4.71. The Morgan fingerprint density at radius 2 is 1.85 bits per heavy atom. The van der Waals surface area contributed by atoms with Gasteiger partial charge in [0.15, 0.2) is 0 Å². The highest BCUT2D eigenvalue weighted by Gasteiger charge is 2.24. The zero-order valence-corrected chi connectivity index (χ0v) is 10.3. The number of nitrogens with two attached hydrogens (primary N) is 1. The lowest BCUT2D eigenvalue weighted by atomic mass is 10.1.